The summed E-state index contributed by atoms with van der Waals surface area (Å²) in [6.45, 7) is 2.34. The Kier molecular flexibility index (Phi) is 5.48. The van der Waals surface area contributed by atoms with Gasteiger partial charge in [0.1, 0.15) is 5.75 Å². The van der Waals surface area contributed by atoms with Gasteiger partial charge in [0.2, 0.25) is 5.91 Å². The molecule has 0 radical (unpaired) electrons. The van der Waals surface area contributed by atoms with Crippen LogP contribution in [-0.2, 0) is 11.2 Å². The summed E-state index contributed by atoms with van der Waals surface area (Å²) in [6, 6.07) is 13.0. The molecule has 1 aromatic heterocycles. The van der Waals surface area contributed by atoms with Crippen LogP contribution in [0.2, 0.25) is 0 Å². The number of amides is 2. The highest BCUT2D eigenvalue weighted by Gasteiger charge is 2.23. The molecule has 0 spiro atoms. The molecule has 1 saturated heterocycles. The molecule has 2 aromatic rings. The maximum absolute atomic E-state index is 12.4. The fraction of sp³-hybridized carbons (Fsp3) is 0.333. The second-order valence-electron chi connectivity index (χ2n) is 5.66. The van der Waals surface area contributed by atoms with Crippen LogP contribution >= 0.6 is 11.3 Å². The monoisotopic (exact) mass is 344 g/mol. The van der Waals surface area contributed by atoms with Gasteiger partial charge in [0.05, 0.1) is 6.42 Å². The topological polar surface area (TPSA) is 49.9 Å². The van der Waals surface area contributed by atoms with Crippen molar-refractivity contribution in [2.45, 2.75) is 12.8 Å². The number of hydrogen-bond donors (Lipinski definition) is 0. The summed E-state index contributed by atoms with van der Waals surface area (Å²) >= 11 is 1.60. The summed E-state index contributed by atoms with van der Waals surface area (Å²) in [5, 5.41) is 1.98. The van der Waals surface area contributed by atoms with Crippen molar-refractivity contribution in [2.75, 3.05) is 26.2 Å². The maximum atomic E-state index is 12.4. The minimum Gasteiger partial charge on any atom is -0.410 e. The number of benzene rings is 1. The van der Waals surface area contributed by atoms with Gasteiger partial charge in [-0.25, -0.2) is 4.79 Å². The molecule has 126 valence electrons. The van der Waals surface area contributed by atoms with Gasteiger partial charge in [-0.05, 0) is 30.0 Å². The third-order valence-electron chi connectivity index (χ3n) is 3.96. The molecular weight excluding hydrogens is 324 g/mol. The predicted octanol–water partition coefficient (Wildman–Crippen LogP) is 3.02. The van der Waals surface area contributed by atoms with Crippen LogP contribution in [0.4, 0.5) is 4.79 Å². The van der Waals surface area contributed by atoms with E-state index < -0.39 is 0 Å². The molecular formula is C18H20N2O3S. The lowest BCUT2D eigenvalue weighted by Crippen LogP contribution is -2.39. The second-order valence-corrected chi connectivity index (χ2v) is 6.69. The fourth-order valence-corrected chi connectivity index (χ4v) is 3.37. The van der Waals surface area contributed by atoms with Crippen molar-refractivity contribution >= 4 is 23.3 Å². The lowest BCUT2D eigenvalue weighted by Gasteiger charge is -2.21. The summed E-state index contributed by atoms with van der Waals surface area (Å²) in [5.41, 5.74) is 0. The quantitative estimate of drug-likeness (QED) is 0.860. The summed E-state index contributed by atoms with van der Waals surface area (Å²) in [5.74, 6) is 0.660. The van der Waals surface area contributed by atoms with Crippen LogP contribution in [0.3, 0.4) is 0 Å². The van der Waals surface area contributed by atoms with Gasteiger partial charge in [-0.2, -0.15) is 0 Å². The van der Waals surface area contributed by atoms with Crippen molar-refractivity contribution in [3.8, 4) is 5.75 Å². The Morgan fingerprint density at radius 1 is 0.958 bits per heavy atom. The highest BCUT2D eigenvalue weighted by Crippen LogP contribution is 2.14. The van der Waals surface area contributed by atoms with Crippen LogP contribution in [0.15, 0.2) is 47.8 Å². The molecule has 0 unspecified atom stereocenters. The Bertz CT molecular complexity index is 673. The summed E-state index contributed by atoms with van der Waals surface area (Å²) < 4.78 is 5.38. The number of nitrogens with zero attached hydrogens (tertiary/aromatic N) is 2. The van der Waals surface area contributed by atoms with Crippen molar-refractivity contribution in [1.82, 2.24) is 9.80 Å². The number of thiophene rings is 1. The van der Waals surface area contributed by atoms with E-state index in [-0.39, 0.29) is 12.0 Å². The summed E-state index contributed by atoms with van der Waals surface area (Å²) in [4.78, 5) is 29.2. The van der Waals surface area contributed by atoms with Gasteiger partial charge in [0.25, 0.3) is 0 Å². The third kappa shape index (κ3) is 4.35. The minimum absolute atomic E-state index is 0.121. The zero-order valence-corrected chi connectivity index (χ0v) is 14.2. The van der Waals surface area contributed by atoms with Gasteiger partial charge < -0.3 is 14.5 Å². The highest BCUT2D eigenvalue weighted by atomic mass is 32.1. The Balaban J connectivity index is 1.52. The standard InChI is InChI=1S/C18H20N2O3S/c21-17(14-16-8-4-13-24-16)19-9-5-10-20(12-11-19)18(22)23-15-6-2-1-3-7-15/h1-4,6-8,13H,5,9-12,14H2. The Labute approximate surface area is 145 Å². The van der Waals surface area contributed by atoms with Crippen molar-refractivity contribution in [2.24, 2.45) is 0 Å². The summed E-state index contributed by atoms with van der Waals surface area (Å²) in [6.07, 6.45) is 0.848. The van der Waals surface area contributed by atoms with Gasteiger partial charge in [-0.15, -0.1) is 11.3 Å². The average Bonchev–Trinajstić information content (AvgIpc) is 2.96. The van der Waals surface area contributed by atoms with Crippen molar-refractivity contribution < 1.29 is 14.3 Å². The molecule has 0 aliphatic carbocycles. The number of para-hydroxylation sites is 1. The molecule has 2 amide bonds. The molecule has 1 aliphatic rings. The number of hydrogen-bond acceptors (Lipinski definition) is 4. The van der Waals surface area contributed by atoms with Crippen LogP contribution in [-0.4, -0.2) is 48.0 Å². The third-order valence-corrected chi connectivity index (χ3v) is 4.84. The normalized spacial score (nSPS) is 15.0. The molecule has 2 heterocycles. The van der Waals surface area contributed by atoms with Crippen molar-refractivity contribution in [3.05, 3.63) is 52.7 Å². The lowest BCUT2D eigenvalue weighted by molar-refractivity contribution is -0.130. The first-order valence-corrected chi connectivity index (χ1v) is 8.92. The van der Waals surface area contributed by atoms with Gasteiger partial charge in [0, 0.05) is 31.1 Å². The van der Waals surface area contributed by atoms with E-state index in [1.54, 1.807) is 28.4 Å². The molecule has 24 heavy (non-hydrogen) atoms. The molecule has 1 fully saturated rings. The second kappa shape index (κ2) is 7.97. The number of rotatable bonds is 3. The average molecular weight is 344 g/mol. The Morgan fingerprint density at radius 3 is 2.46 bits per heavy atom. The van der Waals surface area contributed by atoms with E-state index in [9.17, 15) is 9.59 Å². The first kappa shape index (κ1) is 16.5. The molecule has 1 aromatic carbocycles. The van der Waals surface area contributed by atoms with Crippen LogP contribution < -0.4 is 4.74 Å². The zero-order chi connectivity index (χ0) is 16.8. The van der Waals surface area contributed by atoms with E-state index in [4.69, 9.17) is 4.74 Å². The van der Waals surface area contributed by atoms with E-state index in [0.29, 0.717) is 38.3 Å². The van der Waals surface area contributed by atoms with Gasteiger partial charge in [-0.1, -0.05) is 24.3 Å². The molecule has 1 aliphatic heterocycles. The number of carbonyl (C=O) groups is 2. The first-order valence-electron chi connectivity index (χ1n) is 8.04. The molecule has 0 atom stereocenters. The van der Waals surface area contributed by atoms with Gasteiger partial charge in [-0.3, -0.25) is 4.79 Å². The predicted molar refractivity (Wildman–Crippen MR) is 93.3 cm³/mol. The van der Waals surface area contributed by atoms with Gasteiger partial charge in [0.15, 0.2) is 0 Å². The van der Waals surface area contributed by atoms with E-state index in [0.717, 1.165) is 11.3 Å². The minimum atomic E-state index is -0.353. The molecule has 0 bridgehead atoms. The largest absolute Gasteiger partial charge is 0.415 e. The summed E-state index contributed by atoms with van der Waals surface area (Å²) in [7, 11) is 0. The van der Waals surface area contributed by atoms with E-state index >= 15 is 0 Å². The number of carbonyl (C=O) groups excluding carboxylic acids is 2. The SMILES string of the molecule is O=C(Cc1cccs1)N1CCCN(C(=O)Oc2ccccc2)CC1. The van der Waals surface area contributed by atoms with Crippen molar-refractivity contribution in [3.63, 3.8) is 0 Å². The fourth-order valence-electron chi connectivity index (χ4n) is 2.68. The van der Waals surface area contributed by atoms with E-state index in [1.807, 2.05) is 40.6 Å². The Hall–Kier alpha value is -2.34. The smallest absolute Gasteiger partial charge is 0.410 e. The van der Waals surface area contributed by atoms with Crippen LogP contribution in [0.5, 0.6) is 5.75 Å². The zero-order valence-electron chi connectivity index (χ0n) is 13.4. The van der Waals surface area contributed by atoms with Crippen LogP contribution in [0.25, 0.3) is 0 Å². The Morgan fingerprint density at radius 2 is 1.71 bits per heavy atom. The van der Waals surface area contributed by atoms with E-state index in [2.05, 4.69) is 0 Å². The molecule has 0 N–H and O–H groups in total. The highest BCUT2D eigenvalue weighted by molar-refractivity contribution is 7.10. The van der Waals surface area contributed by atoms with Crippen LogP contribution in [0.1, 0.15) is 11.3 Å². The number of ether oxygens (including phenoxy) is 1. The van der Waals surface area contributed by atoms with Crippen molar-refractivity contribution in [1.29, 1.82) is 0 Å². The van der Waals surface area contributed by atoms with E-state index in [1.165, 1.54) is 0 Å². The first-order chi connectivity index (χ1) is 11.7. The lowest BCUT2D eigenvalue weighted by atomic mass is 10.3. The van der Waals surface area contributed by atoms with Crippen LogP contribution in [0, 0.1) is 0 Å². The molecule has 5 nitrogen and oxygen atoms in total. The molecule has 6 heteroatoms. The van der Waals surface area contributed by atoms with Gasteiger partial charge >= 0.3 is 6.09 Å². The maximum Gasteiger partial charge on any atom is 0.415 e. The molecule has 3 rings (SSSR count). The molecule has 0 saturated carbocycles.